The second-order valence-corrected chi connectivity index (χ2v) is 7.97. The van der Waals surface area contributed by atoms with Crippen molar-refractivity contribution in [3.05, 3.63) is 106 Å². The molecular formula is C28H20ClNO4. The molecule has 4 rings (SSSR count). The highest BCUT2D eigenvalue weighted by Gasteiger charge is 2.13. The predicted octanol–water partition coefficient (Wildman–Crippen LogP) is 6.84. The molecule has 0 fully saturated rings. The number of nitriles is 1. The van der Waals surface area contributed by atoms with Gasteiger partial charge in [0.2, 0.25) is 0 Å². The number of carbonyl (C=O) groups is 1. The van der Waals surface area contributed by atoms with Gasteiger partial charge in [-0.25, -0.2) is 4.79 Å². The van der Waals surface area contributed by atoms with Crippen LogP contribution in [0.4, 0.5) is 0 Å². The van der Waals surface area contributed by atoms with Crippen LogP contribution in [-0.2, 0) is 6.61 Å². The highest BCUT2D eigenvalue weighted by molar-refractivity contribution is 6.32. The summed E-state index contributed by atoms with van der Waals surface area (Å²) in [6.07, 6.45) is 1.75. The van der Waals surface area contributed by atoms with E-state index in [0.717, 1.165) is 16.3 Å². The van der Waals surface area contributed by atoms with E-state index in [9.17, 15) is 10.1 Å². The summed E-state index contributed by atoms with van der Waals surface area (Å²) in [5.74, 6) is -0.261. The number of hydrogen-bond donors (Lipinski definition) is 1. The SMILES string of the molecule is COc1cc(/C=C(/C#N)c2ccc3ccccc3c2)cc(Cl)c1OCc1cccc(C(=O)O)c1. The number of aromatic carboxylic acids is 1. The first-order valence-electron chi connectivity index (χ1n) is 10.4. The molecule has 6 heteroatoms. The quantitative estimate of drug-likeness (QED) is 0.236. The number of benzene rings is 4. The summed E-state index contributed by atoms with van der Waals surface area (Å²) < 4.78 is 11.3. The van der Waals surface area contributed by atoms with Crippen molar-refractivity contribution in [2.24, 2.45) is 0 Å². The first kappa shape index (κ1) is 22.9. The minimum absolute atomic E-state index is 0.118. The van der Waals surface area contributed by atoms with E-state index >= 15 is 0 Å². The summed E-state index contributed by atoms with van der Waals surface area (Å²) in [4.78, 5) is 11.2. The van der Waals surface area contributed by atoms with E-state index in [4.69, 9.17) is 26.2 Å². The van der Waals surface area contributed by atoms with Crippen LogP contribution in [0.5, 0.6) is 11.5 Å². The summed E-state index contributed by atoms with van der Waals surface area (Å²) >= 11 is 6.50. The van der Waals surface area contributed by atoms with E-state index in [1.54, 1.807) is 36.4 Å². The van der Waals surface area contributed by atoms with Crippen molar-refractivity contribution < 1.29 is 19.4 Å². The van der Waals surface area contributed by atoms with Crippen LogP contribution < -0.4 is 9.47 Å². The molecule has 0 unspecified atom stereocenters. The van der Waals surface area contributed by atoms with Crippen molar-refractivity contribution in [2.75, 3.05) is 7.11 Å². The van der Waals surface area contributed by atoms with Crippen LogP contribution in [0.2, 0.25) is 5.02 Å². The molecule has 0 bridgehead atoms. The van der Waals surface area contributed by atoms with Gasteiger partial charge in [-0.15, -0.1) is 0 Å². The van der Waals surface area contributed by atoms with Crippen LogP contribution in [0.15, 0.2) is 78.9 Å². The lowest BCUT2D eigenvalue weighted by Gasteiger charge is -2.14. The average Bonchev–Trinajstić information content (AvgIpc) is 2.86. The maximum atomic E-state index is 11.2. The molecule has 5 nitrogen and oxygen atoms in total. The van der Waals surface area contributed by atoms with Gasteiger partial charge in [0.25, 0.3) is 0 Å². The Labute approximate surface area is 202 Å². The minimum atomic E-state index is -1.01. The maximum Gasteiger partial charge on any atom is 0.335 e. The summed E-state index contributed by atoms with van der Waals surface area (Å²) in [5, 5.41) is 21.4. The van der Waals surface area contributed by atoms with E-state index < -0.39 is 5.97 Å². The first-order chi connectivity index (χ1) is 16.5. The first-order valence-corrected chi connectivity index (χ1v) is 10.8. The molecular weight excluding hydrogens is 450 g/mol. The summed E-state index contributed by atoms with van der Waals surface area (Å²) in [5.41, 5.74) is 2.84. The van der Waals surface area contributed by atoms with Crippen molar-refractivity contribution in [3.8, 4) is 17.6 Å². The number of allylic oxidation sites excluding steroid dienone is 1. The third kappa shape index (κ3) is 5.03. The number of fused-ring (bicyclic) bond motifs is 1. The summed E-state index contributed by atoms with van der Waals surface area (Å²) in [6, 6.07) is 26.0. The Morgan fingerprint density at radius 3 is 2.53 bits per heavy atom. The second-order valence-electron chi connectivity index (χ2n) is 7.56. The fourth-order valence-electron chi connectivity index (χ4n) is 3.62. The molecule has 0 amide bonds. The monoisotopic (exact) mass is 469 g/mol. The Morgan fingerprint density at radius 1 is 1.00 bits per heavy atom. The lowest BCUT2D eigenvalue weighted by Crippen LogP contribution is -2.01. The normalized spacial score (nSPS) is 11.1. The Hall–Kier alpha value is -4.27. The van der Waals surface area contributed by atoms with Crippen LogP contribution in [-0.4, -0.2) is 18.2 Å². The number of methoxy groups -OCH3 is 1. The van der Waals surface area contributed by atoms with Crippen molar-refractivity contribution in [1.29, 1.82) is 5.26 Å². The number of ether oxygens (including phenoxy) is 2. The van der Waals surface area contributed by atoms with Gasteiger partial charge in [0.15, 0.2) is 11.5 Å². The molecule has 0 heterocycles. The third-order valence-corrected chi connectivity index (χ3v) is 5.58. The topological polar surface area (TPSA) is 79.5 Å². The molecule has 0 atom stereocenters. The van der Waals surface area contributed by atoms with Gasteiger partial charge in [-0.05, 0) is 63.9 Å². The molecule has 34 heavy (non-hydrogen) atoms. The largest absolute Gasteiger partial charge is 0.493 e. The van der Waals surface area contributed by atoms with Crippen LogP contribution in [0.3, 0.4) is 0 Å². The Kier molecular flexibility index (Phi) is 6.82. The highest BCUT2D eigenvalue weighted by Crippen LogP contribution is 2.38. The third-order valence-electron chi connectivity index (χ3n) is 5.30. The zero-order valence-electron chi connectivity index (χ0n) is 18.3. The number of carboxylic acids is 1. The summed E-state index contributed by atoms with van der Waals surface area (Å²) in [6.45, 7) is 0.118. The Bertz CT molecular complexity index is 1450. The maximum absolute atomic E-state index is 11.2. The fourth-order valence-corrected chi connectivity index (χ4v) is 3.89. The van der Waals surface area contributed by atoms with Crippen LogP contribution in [0.1, 0.15) is 27.0 Å². The van der Waals surface area contributed by atoms with Crippen LogP contribution >= 0.6 is 11.6 Å². The molecule has 0 aromatic heterocycles. The van der Waals surface area contributed by atoms with E-state index in [1.165, 1.54) is 13.2 Å². The molecule has 4 aromatic rings. The standard InChI is InChI=1S/C28H20ClNO4/c1-33-26-14-19(12-24(16-30)22-10-9-20-6-2-3-7-21(20)15-22)13-25(29)27(26)34-17-18-5-4-8-23(11-18)28(31)32/h2-15H,17H2,1H3,(H,31,32)/b24-12-. The van der Waals surface area contributed by atoms with Crippen molar-refractivity contribution in [2.45, 2.75) is 6.61 Å². The number of halogens is 1. The number of rotatable bonds is 7. The van der Waals surface area contributed by atoms with E-state index in [0.29, 0.717) is 33.2 Å². The number of hydrogen-bond acceptors (Lipinski definition) is 4. The fraction of sp³-hybridized carbons (Fsp3) is 0.0714. The molecule has 0 saturated heterocycles. The average molecular weight is 470 g/mol. The molecule has 168 valence electrons. The lowest BCUT2D eigenvalue weighted by atomic mass is 10.00. The van der Waals surface area contributed by atoms with Gasteiger partial charge in [0.1, 0.15) is 6.61 Å². The van der Waals surface area contributed by atoms with Gasteiger partial charge in [0, 0.05) is 0 Å². The Morgan fingerprint density at radius 2 is 1.79 bits per heavy atom. The lowest BCUT2D eigenvalue weighted by molar-refractivity contribution is 0.0696. The molecule has 0 aliphatic heterocycles. The smallest absolute Gasteiger partial charge is 0.335 e. The zero-order valence-corrected chi connectivity index (χ0v) is 19.0. The van der Waals surface area contributed by atoms with Gasteiger partial charge in [-0.2, -0.15) is 5.26 Å². The number of nitrogens with zero attached hydrogens (tertiary/aromatic N) is 1. The highest BCUT2D eigenvalue weighted by atomic mass is 35.5. The van der Waals surface area contributed by atoms with Gasteiger partial charge in [-0.3, -0.25) is 0 Å². The van der Waals surface area contributed by atoms with E-state index in [2.05, 4.69) is 6.07 Å². The second kappa shape index (κ2) is 10.1. The van der Waals surface area contributed by atoms with Crippen LogP contribution in [0, 0.1) is 11.3 Å². The number of carboxylic acid groups (broad SMARTS) is 1. The van der Waals surface area contributed by atoms with Crippen molar-refractivity contribution in [1.82, 2.24) is 0 Å². The molecule has 4 aromatic carbocycles. The van der Waals surface area contributed by atoms with Crippen LogP contribution in [0.25, 0.3) is 22.4 Å². The predicted molar refractivity (Wildman–Crippen MR) is 133 cm³/mol. The molecule has 0 aliphatic carbocycles. The molecule has 1 N–H and O–H groups in total. The van der Waals surface area contributed by atoms with Gasteiger partial charge in [-0.1, -0.05) is 60.1 Å². The van der Waals surface area contributed by atoms with Crippen molar-refractivity contribution >= 4 is 40.0 Å². The van der Waals surface area contributed by atoms with Gasteiger partial charge < -0.3 is 14.6 Å². The zero-order chi connectivity index (χ0) is 24.1. The van der Waals surface area contributed by atoms with Crippen molar-refractivity contribution in [3.63, 3.8) is 0 Å². The van der Waals surface area contributed by atoms with E-state index in [1.807, 2.05) is 42.5 Å². The minimum Gasteiger partial charge on any atom is -0.493 e. The molecule has 0 aliphatic rings. The summed E-state index contributed by atoms with van der Waals surface area (Å²) in [7, 11) is 1.51. The van der Waals surface area contributed by atoms with Gasteiger partial charge in [0.05, 0.1) is 29.3 Å². The molecule has 0 radical (unpaired) electrons. The Balaban J connectivity index is 1.62. The molecule has 0 saturated carbocycles. The van der Waals surface area contributed by atoms with E-state index in [-0.39, 0.29) is 12.2 Å². The molecule has 0 spiro atoms. The van der Waals surface area contributed by atoms with Gasteiger partial charge >= 0.3 is 5.97 Å².